The predicted octanol–water partition coefficient (Wildman–Crippen LogP) is 2.51. The fourth-order valence-corrected chi connectivity index (χ4v) is 3.00. The Morgan fingerprint density at radius 1 is 0.963 bits per heavy atom. The maximum absolute atomic E-state index is 11.9. The van der Waals surface area contributed by atoms with Gasteiger partial charge in [0.2, 0.25) is 11.8 Å². The van der Waals surface area contributed by atoms with Crippen LogP contribution in [0, 0.1) is 5.92 Å². The molecule has 0 saturated carbocycles. The molecule has 0 radical (unpaired) electrons. The quantitative estimate of drug-likeness (QED) is 0.599. The van der Waals surface area contributed by atoms with Gasteiger partial charge in [-0.15, -0.1) is 0 Å². The van der Waals surface area contributed by atoms with Crippen molar-refractivity contribution in [2.75, 3.05) is 13.1 Å². The lowest BCUT2D eigenvalue weighted by Gasteiger charge is -2.15. The van der Waals surface area contributed by atoms with Gasteiger partial charge in [-0.25, -0.2) is 0 Å². The maximum Gasteiger partial charge on any atom is 0.308 e. The molecule has 0 aliphatic carbocycles. The van der Waals surface area contributed by atoms with Gasteiger partial charge in [-0.05, 0) is 36.1 Å². The van der Waals surface area contributed by atoms with Gasteiger partial charge in [0.1, 0.15) is 0 Å². The second-order valence-electron chi connectivity index (χ2n) is 6.49. The van der Waals surface area contributed by atoms with Crippen LogP contribution in [0.15, 0.2) is 42.5 Å². The van der Waals surface area contributed by atoms with Crippen LogP contribution >= 0.6 is 0 Å². The molecule has 0 aliphatic heterocycles. The molecule has 1 unspecified atom stereocenters. The van der Waals surface area contributed by atoms with Crippen LogP contribution in [-0.2, 0) is 20.8 Å². The monoisotopic (exact) mass is 370 g/mol. The summed E-state index contributed by atoms with van der Waals surface area (Å²) in [4.78, 5) is 34.9. The molecule has 2 aromatic rings. The van der Waals surface area contributed by atoms with Crippen LogP contribution in [0.3, 0.4) is 0 Å². The molecular weight excluding hydrogens is 344 g/mol. The molecule has 6 nitrogen and oxygen atoms in total. The average Bonchev–Trinajstić information content (AvgIpc) is 2.65. The molecular formula is C21H26N2O4. The van der Waals surface area contributed by atoms with E-state index in [1.165, 1.54) is 0 Å². The van der Waals surface area contributed by atoms with Crippen molar-refractivity contribution in [3.05, 3.63) is 48.0 Å². The van der Waals surface area contributed by atoms with E-state index in [0.717, 1.165) is 16.3 Å². The minimum Gasteiger partial charge on any atom is -0.481 e. The lowest BCUT2D eigenvalue weighted by atomic mass is 9.94. The summed E-state index contributed by atoms with van der Waals surface area (Å²) in [5.74, 6) is -1.96. The summed E-state index contributed by atoms with van der Waals surface area (Å²) in [5.41, 5.74) is 0.950. The van der Waals surface area contributed by atoms with Crippen LogP contribution in [0.5, 0.6) is 0 Å². The van der Waals surface area contributed by atoms with Gasteiger partial charge in [-0.1, -0.05) is 42.5 Å². The number of carboxylic acids is 1. The molecule has 0 saturated heterocycles. The van der Waals surface area contributed by atoms with Gasteiger partial charge in [0.05, 0.1) is 5.92 Å². The van der Waals surface area contributed by atoms with E-state index in [0.29, 0.717) is 25.8 Å². The first-order valence-corrected chi connectivity index (χ1v) is 9.24. The zero-order valence-electron chi connectivity index (χ0n) is 15.5. The number of aliphatic carboxylic acids is 1. The fraction of sp³-hybridized carbons (Fsp3) is 0.381. The lowest BCUT2D eigenvalue weighted by Crippen LogP contribution is -2.34. The van der Waals surface area contributed by atoms with Crippen molar-refractivity contribution >= 4 is 28.6 Å². The Morgan fingerprint density at radius 2 is 1.63 bits per heavy atom. The van der Waals surface area contributed by atoms with E-state index in [2.05, 4.69) is 10.6 Å². The average molecular weight is 370 g/mol. The third kappa shape index (κ3) is 6.40. The van der Waals surface area contributed by atoms with E-state index >= 15 is 0 Å². The van der Waals surface area contributed by atoms with Gasteiger partial charge in [0.15, 0.2) is 0 Å². The highest BCUT2D eigenvalue weighted by molar-refractivity contribution is 5.86. The number of carboxylic acid groups (broad SMARTS) is 1. The Bertz CT molecular complexity index is 798. The van der Waals surface area contributed by atoms with E-state index in [1.807, 2.05) is 49.4 Å². The molecule has 1 atom stereocenters. The van der Waals surface area contributed by atoms with E-state index in [-0.39, 0.29) is 24.8 Å². The highest BCUT2D eigenvalue weighted by Crippen LogP contribution is 2.21. The van der Waals surface area contributed by atoms with Crippen LogP contribution in [0.4, 0.5) is 0 Å². The normalized spacial score (nSPS) is 11.7. The molecule has 0 fully saturated rings. The molecule has 2 rings (SSSR count). The number of fused-ring (bicyclic) bond motifs is 1. The van der Waals surface area contributed by atoms with Crippen molar-refractivity contribution in [3.63, 3.8) is 0 Å². The van der Waals surface area contributed by atoms with Crippen molar-refractivity contribution in [2.24, 2.45) is 5.92 Å². The Balaban J connectivity index is 1.89. The van der Waals surface area contributed by atoms with Crippen molar-refractivity contribution < 1.29 is 19.5 Å². The molecule has 0 heterocycles. The second-order valence-corrected chi connectivity index (χ2v) is 6.49. The fourth-order valence-electron chi connectivity index (χ4n) is 3.00. The summed E-state index contributed by atoms with van der Waals surface area (Å²) in [6.45, 7) is 2.48. The lowest BCUT2D eigenvalue weighted by molar-refractivity contribution is -0.141. The third-order valence-corrected chi connectivity index (χ3v) is 4.42. The first-order chi connectivity index (χ1) is 13.0. The van der Waals surface area contributed by atoms with E-state index < -0.39 is 11.9 Å². The molecule has 0 aliphatic rings. The highest BCUT2D eigenvalue weighted by atomic mass is 16.4. The summed E-state index contributed by atoms with van der Waals surface area (Å²) in [6.07, 6.45) is 1.28. The van der Waals surface area contributed by atoms with Gasteiger partial charge in [-0.3, -0.25) is 14.4 Å². The molecule has 2 amide bonds. The van der Waals surface area contributed by atoms with Crippen molar-refractivity contribution in [3.8, 4) is 0 Å². The number of hydrogen-bond donors (Lipinski definition) is 3. The molecule has 0 spiro atoms. The first kappa shape index (κ1) is 20.4. The van der Waals surface area contributed by atoms with Crippen LogP contribution in [-0.4, -0.2) is 36.0 Å². The molecule has 27 heavy (non-hydrogen) atoms. The summed E-state index contributed by atoms with van der Waals surface area (Å²) < 4.78 is 0. The maximum atomic E-state index is 11.9. The Morgan fingerprint density at radius 3 is 2.33 bits per heavy atom. The van der Waals surface area contributed by atoms with E-state index in [1.54, 1.807) is 0 Å². The minimum absolute atomic E-state index is 0.0680. The largest absolute Gasteiger partial charge is 0.481 e. The van der Waals surface area contributed by atoms with Crippen molar-refractivity contribution in [1.29, 1.82) is 0 Å². The van der Waals surface area contributed by atoms with Crippen molar-refractivity contribution in [1.82, 2.24) is 10.6 Å². The molecule has 144 valence electrons. The second kappa shape index (κ2) is 10.3. The number of rotatable bonds is 10. The van der Waals surface area contributed by atoms with Gasteiger partial charge in [-0.2, -0.15) is 0 Å². The molecule has 3 N–H and O–H groups in total. The molecule has 0 bridgehead atoms. The predicted molar refractivity (Wildman–Crippen MR) is 104 cm³/mol. The van der Waals surface area contributed by atoms with Crippen LogP contribution in [0.25, 0.3) is 10.8 Å². The van der Waals surface area contributed by atoms with Crippen LogP contribution in [0.1, 0.15) is 31.7 Å². The number of amides is 2. The number of hydrogen-bond acceptors (Lipinski definition) is 3. The summed E-state index contributed by atoms with van der Waals surface area (Å²) in [6, 6.07) is 13.7. The summed E-state index contributed by atoms with van der Waals surface area (Å²) in [5, 5.41) is 17.0. The third-order valence-electron chi connectivity index (χ3n) is 4.42. The SMILES string of the molecule is CCNC(=O)CCCC(=O)NCC(Cc1cccc2ccccc12)C(=O)O. The summed E-state index contributed by atoms with van der Waals surface area (Å²) in [7, 11) is 0. The molecule has 0 aromatic heterocycles. The van der Waals surface area contributed by atoms with Gasteiger partial charge < -0.3 is 15.7 Å². The first-order valence-electron chi connectivity index (χ1n) is 9.24. The van der Waals surface area contributed by atoms with Gasteiger partial charge in [0, 0.05) is 25.9 Å². The van der Waals surface area contributed by atoms with Crippen molar-refractivity contribution in [2.45, 2.75) is 32.6 Å². The van der Waals surface area contributed by atoms with E-state index in [4.69, 9.17) is 0 Å². The number of nitrogens with one attached hydrogen (secondary N) is 2. The van der Waals surface area contributed by atoms with Crippen LogP contribution in [0.2, 0.25) is 0 Å². The Labute approximate surface area is 159 Å². The number of benzene rings is 2. The zero-order valence-corrected chi connectivity index (χ0v) is 15.5. The smallest absolute Gasteiger partial charge is 0.308 e. The molecule has 6 heteroatoms. The van der Waals surface area contributed by atoms with Gasteiger partial charge >= 0.3 is 5.97 Å². The number of carbonyl (C=O) groups excluding carboxylic acids is 2. The number of carbonyl (C=O) groups is 3. The summed E-state index contributed by atoms with van der Waals surface area (Å²) >= 11 is 0. The van der Waals surface area contributed by atoms with E-state index in [9.17, 15) is 19.5 Å². The standard InChI is InChI=1S/C21H26N2O4/c1-2-22-19(24)11-6-12-20(25)23-14-17(21(26)27)13-16-9-5-8-15-7-3-4-10-18(15)16/h3-5,7-10,17H,2,6,11-14H2,1H3,(H,22,24)(H,23,25)(H,26,27). The topological polar surface area (TPSA) is 95.5 Å². The van der Waals surface area contributed by atoms with Crippen LogP contribution < -0.4 is 10.6 Å². The highest BCUT2D eigenvalue weighted by Gasteiger charge is 2.20. The van der Waals surface area contributed by atoms with Gasteiger partial charge in [0.25, 0.3) is 0 Å². The Hall–Kier alpha value is -2.89. The Kier molecular flexibility index (Phi) is 7.79. The molecule has 2 aromatic carbocycles. The minimum atomic E-state index is -0.939. The zero-order chi connectivity index (χ0) is 19.6.